The maximum Gasteiger partial charge on any atom is 0.416 e. The van der Waals surface area contributed by atoms with Crippen LogP contribution in [0.25, 0.3) is 0 Å². The first kappa shape index (κ1) is 22.3. The van der Waals surface area contributed by atoms with Gasteiger partial charge in [-0.2, -0.15) is 21.6 Å². The SMILES string of the molecule is COc1ccccc1CN1C=C(C(=O)Nc2cccc(C(F)(F)F)c2)C(C)=NS1(=O)=O. The number of hydrogen-bond acceptors (Lipinski definition) is 4. The summed E-state index contributed by atoms with van der Waals surface area (Å²) in [6, 6.07) is 10.9. The summed E-state index contributed by atoms with van der Waals surface area (Å²) in [6.07, 6.45) is -3.46. The second-order valence-electron chi connectivity index (χ2n) is 6.59. The predicted octanol–water partition coefficient (Wildman–Crippen LogP) is 3.76. The number of nitrogens with zero attached hydrogens (tertiary/aromatic N) is 2. The Kier molecular flexibility index (Phi) is 6.07. The number of para-hydroxylation sites is 1. The second kappa shape index (κ2) is 8.42. The summed E-state index contributed by atoms with van der Waals surface area (Å²) in [7, 11) is -2.66. The Morgan fingerprint density at radius 1 is 1.16 bits per heavy atom. The van der Waals surface area contributed by atoms with E-state index in [1.807, 2.05) is 0 Å². The van der Waals surface area contributed by atoms with E-state index >= 15 is 0 Å². The number of rotatable bonds is 5. The van der Waals surface area contributed by atoms with Crippen LogP contribution < -0.4 is 10.1 Å². The molecule has 0 saturated carbocycles. The van der Waals surface area contributed by atoms with Gasteiger partial charge in [0.15, 0.2) is 0 Å². The molecule has 0 spiro atoms. The number of nitrogens with one attached hydrogen (secondary N) is 1. The van der Waals surface area contributed by atoms with Gasteiger partial charge in [0.1, 0.15) is 5.75 Å². The van der Waals surface area contributed by atoms with Gasteiger partial charge in [-0.3, -0.25) is 9.10 Å². The maximum atomic E-state index is 12.9. The summed E-state index contributed by atoms with van der Waals surface area (Å²) < 4.78 is 73.4. The third-order valence-electron chi connectivity index (χ3n) is 4.42. The number of halogens is 3. The molecule has 1 amide bonds. The van der Waals surface area contributed by atoms with Crippen LogP contribution in [0.1, 0.15) is 18.1 Å². The molecule has 0 atom stereocenters. The number of anilines is 1. The summed E-state index contributed by atoms with van der Waals surface area (Å²) in [5.41, 5.74) is -0.646. The zero-order valence-corrected chi connectivity index (χ0v) is 17.3. The summed E-state index contributed by atoms with van der Waals surface area (Å²) in [4.78, 5) is 12.7. The molecule has 31 heavy (non-hydrogen) atoms. The Morgan fingerprint density at radius 3 is 2.55 bits per heavy atom. The minimum Gasteiger partial charge on any atom is -0.496 e. The molecule has 7 nitrogen and oxygen atoms in total. The summed E-state index contributed by atoms with van der Waals surface area (Å²) in [6.45, 7) is 1.18. The highest BCUT2D eigenvalue weighted by atomic mass is 32.2. The molecule has 0 aliphatic carbocycles. The summed E-state index contributed by atoms with van der Waals surface area (Å²) >= 11 is 0. The van der Waals surface area contributed by atoms with Crippen molar-refractivity contribution in [2.45, 2.75) is 19.6 Å². The van der Waals surface area contributed by atoms with Gasteiger partial charge in [-0.05, 0) is 31.2 Å². The minimum absolute atomic E-state index is 0.0826. The first-order valence-electron chi connectivity index (χ1n) is 8.92. The lowest BCUT2D eigenvalue weighted by Crippen LogP contribution is -2.33. The van der Waals surface area contributed by atoms with Crippen molar-refractivity contribution in [2.24, 2.45) is 4.40 Å². The molecular weight excluding hydrogens is 435 g/mol. The number of amides is 1. The van der Waals surface area contributed by atoms with Crippen molar-refractivity contribution in [3.63, 3.8) is 0 Å². The van der Waals surface area contributed by atoms with E-state index in [-0.39, 0.29) is 23.5 Å². The number of carbonyl (C=O) groups excluding carboxylic acids is 1. The van der Waals surface area contributed by atoms with E-state index in [9.17, 15) is 26.4 Å². The van der Waals surface area contributed by atoms with Crippen molar-refractivity contribution in [1.82, 2.24) is 4.31 Å². The highest BCUT2D eigenvalue weighted by Gasteiger charge is 2.31. The summed E-state index contributed by atoms with van der Waals surface area (Å²) in [5, 5.41) is 2.35. The number of methoxy groups -OCH3 is 1. The van der Waals surface area contributed by atoms with Gasteiger partial charge in [-0.1, -0.05) is 24.3 Å². The van der Waals surface area contributed by atoms with Crippen LogP contribution in [0.15, 0.2) is 64.7 Å². The van der Waals surface area contributed by atoms with Crippen molar-refractivity contribution in [3.05, 3.63) is 71.4 Å². The molecule has 0 radical (unpaired) electrons. The monoisotopic (exact) mass is 453 g/mol. The van der Waals surface area contributed by atoms with Gasteiger partial charge in [0, 0.05) is 17.5 Å². The Morgan fingerprint density at radius 2 is 1.87 bits per heavy atom. The number of ether oxygens (including phenoxy) is 1. The van der Waals surface area contributed by atoms with Crippen molar-refractivity contribution < 1.29 is 31.1 Å². The molecule has 0 bridgehead atoms. The molecule has 0 aromatic heterocycles. The predicted molar refractivity (Wildman–Crippen MR) is 109 cm³/mol. The smallest absolute Gasteiger partial charge is 0.416 e. The number of alkyl halides is 3. The van der Waals surface area contributed by atoms with Crippen molar-refractivity contribution in [1.29, 1.82) is 0 Å². The molecule has 1 N–H and O–H groups in total. The van der Waals surface area contributed by atoms with E-state index in [0.717, 1.165) is 28.7 Å². The van der Waals surface area contributed by atoms with E-state index in [1.54, 1.807) is 24.3 Å². The Balaban J connectivity index is 1.89. The average Bonchev–Trinajstić information content (AvgIpc) is 2.69. The normalized spacial score (nSPS) is 15.7. The van der Waals surface area contributed by atoms with Gasteiger partial charge in [0.25, 0.3) is 5.91 Å². The van der Waals surface area contributed by atoms with Crippen molar-refractivity contribution >= 4 is 27.5 Å². The van der Waals surface area contributed by atoms with Crippen LogP contribution in [-0.2, 0) is 27.7 Å². The Labute approximate surface area is 177 Å². The molecule has 2 aromatic carbocycles. The van der Waals surface area contributed by atoms with Crippen LogP contribution in [0, 0.1) is 0 Å². The fourth-order valence-corrected chi connectivity index (χ4v) is 3.99. The Hall–Kier alpha value is -3.34. The molecular formula is C20H18F3N3O4S. The molecule has 2 aromatic rings. The maximum absolute atomic E-state index is 12.9. The Bertz CT molecular complexity index is 1170. The van der Waals surface area contributed by atoms with E-state index in [4.69, 9.17) is 4.74 Å². The highest BCUT2D eigenvalue weighted by Crippen LogP contribution is 2.31. The topological polar surface area (TPSA) is 88.1 Å². The number of carbonyl (C=O) groups is 1. The van der Waals surface area contributed by atoms with Crippen LogP contribution in [0.4, 0.5) is 18.9 Å². The molecule has 0 unspecified atom stereocenters. The van der Waals surface area contributed by atoms with Gasteiger partial charge >= 0.3 is 16.4 Å². The van der Waals surface area contributed by atoms with Gasteiger partial charge in [-0.25, -0.2) is 0 Å². The highest BCUT2D eigenvalue weighted by molar-refractivity contribution is 7.88. The molecule has 1 aliphatic heterocycles. The molecule has 0 saturated heterocycles. The third kappa shape index (κ3) is 5.05. The van der Waals surface area contributed by atoms with Crippen LogP contribution in [-0.4, -0.2) is 31.5 Å². The molecule has 164 valence electrons. The van der Waals surface area contributed by atoms with E-state index in [1.165, 1.54) is 20.1 Å². The largest absolute Gasteiger partial charge is 0.496 e. The van der Waals surface area contributed by atoms with Crippen molar-refractivity contribution in [2.75, 3.05) is 12.4 Å². The second-order valence-corrected chi connectivity index (χ2v) is 8.13. The van der Waals surface area contributed by atoms with Gasteiger partial charge in [0.05, 0.1) is 30.5 Å². The number of benzene rings is 2. The zero-order chi connectivity index (χ0) is 22.8. The van der Waals surface area contributed by atoms with Gasteiger partial charge in [-0.15, -0.1) is 4.40 Å². The lowest BCUT2D eigenvalue weighted by molar-refractivity contribution is -0.137. The van der Waals surface area contributed by atoms with Gasteiger partial charge < -0.3 is 10.1 Å². The van der Waals surface area contributed by atoms with Crippen LogP contribution in [0.2, 0.25) is 0 Å². The molecule has 0 fully saturated rings. The minimum atomic E-state index is -4.57. The van der Waals surface area contributed by atoms with Gasteiger partial charge in [0.2, 0.25) is 0 Å². The quantitative estimate of drug-likeness (QED) is 0.747. The molecule has 1 heterocycles. The number of hydrogen-bond donors (Lipinski definition) is 1. The molecule has 1 aliphatic rings. The standard InChI is InChI=1S/C20H18F3N3O4S/c1-13-17(19(27)24-16-8-5-7-15(10-16)20(21,22)23)12-26(31(28,29)25-13)11-14-6-3-4-9-18(14)30-2/h3-10,12H,11H2,1-2H3,(H,24,27). The summed E-state index contributed by atoms with van der Waals surface area (Å²) in [5.74, 6) is -0.340. The first-order valence-corrected chi connectivity index (χ1v) is 10.3. The van der Waals surface area contributed by atoms with Crippen molar-refractivity contribution in [3.8, 4) is 5.75 Å². The van der Waals surface area contributed by atoms with E-state index in [0.29, 0.717) is 11.3 Å². The average molecular weight is 453 g/mol. The lowest BCUT2D eigenvalue weighted by atomic mass is 10.1. The van der Waals surface area contributed by atoms with E-state index in [2.05, 4.69) is 9.71 Å². The fraction of sp³-hybridized carbons (Fsp3) is 0.200. The first-order chi connectivity index (χ1) is 14.5. The fourth-order valence-electron chi connectivity index (χ4n) is 2.90. The van der Waals surface area contributed by atoms with Crippen LogP contribution >= 0.6 is 0 Å². The molecule has 3 rings (SSSR count). The lowest BCUT2D eigenvalue weighted by Gasteiger charge is -2.24. The van der Waals surface area contributed by atoms with Crippen LogP contribution in [0.5, 0.6) is 5.75 Å². The molecule has 11 heteroatoms. The third-order valence-corrected chi connectivity index (χ3v) is 5.75. The van der Waals surface area contributed by atoms with E-state index < -0.39 is 27.9 Å². The van der Waals surface area contributed by atoms with Crippen LogP contribution in [0.3, 0.4) is 0 Å². The zero-order valence-electron chi connectivity index (χ0n) is 16.5.